The number of imidazole rings is 1. The Bertz CT molecular complexity index is 1320. The number of hydrogen-bond acceptors (Lipinski definition) is 6. The van der Waals surface area contributed by atoms with E-state index in [2.05, 4.69) is 25.3 Å². The molecule has 2 N–H and O–H groups in total. The Morgan fingerprint density at radius 3 is 2.76 bits per heavy atom. The zero-order valence-electron chi connectivity index (χ0n) is 18.8. The molecule has 10 heteroatoms. The second-order valence-corrected chi connectivity index (χ2v) is 8.63. The van der Waals surface area contributed by atoms with Crippen molar-refractivity contribution in [3.8, 4) is 17.0 Å². The topological polar surface area (TPSA) is 100 Å². The lowest BCUT2D eigenvalue weighted by Gasteiger charge is -2.29. The maximum Gasteiger partial charge on any atom is 0.228 e. The second kappa shape index (κ2) is 8.34. The van der Waals surface area contributed by atoms with Crippen LogP contribution >= 0.6 is 0 Å². The monoisotopic (exact) mass is 451 g/mol. The van der Waals surface area contributed by atoms with E-state index in [0.29, 0.717) is 23.1 Å². The number of anilines is 1. The lowest BCUT2D eigenvalue weighted by atomic mass is 9.85. The summed E-state index contributed by atoms with van der Waals surface area (Å²) in [4.78, 5) is 30.4. The number of ether oxygens (including phenoxy) is 1. The van der Waals surface area contributed by atoms with Gasteiger partial charge in [-0.3, -0.25) is 9.20 Å². The number of rotatable bonds is 5. The van der Waals surface area contributed by atoms with Gasteiger partial charge in [-0.15, -0.1) is 0 Å². The van der Waals surface area contributed by atoms with Crippen molar-refractivity contribution >= 4 is 28.5 Å². The van der Waals surface area contributed by atoms with Gasteiger partial charge in [0.25, 0.3) is 0 Å². The van der Waals surface area contributed by atoms with Crippen LogP contribution in [0.1, 0.15) is 25.7 Å². The third-order valence-electron chi connectivity index (χ3n) is 6.31. The molecule has 4 aromatic rings. The van der Waals surface area contributed by atoms with Gasteiger partial charge in [-0.25, -0.2) is 4.98 Å². The highest BCUT2D eigenvalue weighted by Crippen LogP contribution is 2.35. The molecule has 0 bridgehead atoms. The van der Waals surface area contributed by atoms with Gasteiger partial charge in [0, 0.05) is 49.6 Å². The van der Waals surface area contributed by atoms with Crippen LogP contribution < -0.4 is 10.1 Å². The van der Waals surface area contributed by atoms with Crippen LogP contribution in [0, 0.1) is 11.9 Å². The molecule has 172 valence electrons. The van der Waals surface area contributed by atoms with Gasteiger partial charge in [0.1, 0.15) is 11.3 Å². The SMILES string of the molecule is COc1nc(NC2CCC(C(=O)N(C)C)CC2)nc2[nH]cc(-c3ccc4ncc(F)n4c3)c12. The number of carbonyl (C=O) groups is 1. The number of methoxy groups -OCH3 is 1. The van der Waals surface area contributed by atoms with Crippen molar-refractivity contribution in [1.82, 2.24) is 29.2 Å². The van der Waals surface area contributed by atoms with Gasteiger partial charge in [0.2, 0.25) is 23.7 Å². The maximum atomic E-state index is 14.0. The summed E-state index contributed by atoms with van der Waals surface area (Å²) in [6.45, 7) is 0. The Morgan fingerprint density at radius 1 is 1.24 bits per heavy atom. The molecule has 5 rings (SSSR count). The van der Waals surface area contributed by atoms with Gasteiger partial charge in [0.05, 0.1) is 18.7 Å². The molecule has 0 unspecified atom stereocenters. The minimum absolute atomic E-state index is 0.0830. The molecule has 0 aliphatic heterocycles. The summed E-state index contributed by atoms with van der Waals surface area (Å²) in [5.41, 5.74) is 2.76. The highest BCUT2D eigenvalue weighted by atomic mass is 19.1. The van der Waals surface area contributed by atoms with Crippen molar-refractivity contribution in [3.63, 3.8) is 0 Å². The highest BCUT2D eigenvalue weighted by molar-refractivity contribution is 5.97. The summed E-state index contributed by atoms with van der Waals surface area (Å²) in [7, 11) is 5.17. The summed E-state index contributed by atoms with van der Waals surface area (Å²) in [6, 6.07) is 3.83. The number of amides is 1. The summed E-state index contributed by atoms with van der Waals surface area (Å²) in [6.07, 6.45) is 8.14. The van der Waals surface area contributed by atoms with Crippen molar-refractivity contribution in [1.29, 1.82) is 0 Å². The first-order valence-corrected chi connectivity index (χ1v) is 11.0. The molecular weight excluding hydrogens is 425 g/mol. The van der Waals surface area contributed by atoms with E-state index in [1.807, 2.05) is 12.3 Å². The first kappa shape index (κ1) is 21.2. The minimum Gasteiger partial charge on any atom is -0.480 e. The van der Waals surface area contributed by atoms with Crippen LogP contribution in [0.2, 0.25) is 0 Å². The molecule has 4 aromatic heterocycles. The summed E-state index contributed by atoms with van der Waals surface area (Å²) >= 11 is 0. The van der Waals surface area contributed by atoms with Crippen LogP contribution in [-0.4, -0.2) is 62.4 Å². The third-order valence-corrected chi connectivity index (χ3v) is 6.31. The van der Waals surface area contributed by atoms with Gasteiger partial charge < -0.3 is 19.9 Å². The number of H-pyrrole nitrogens is 1. The fourth-order valence-electron chi connectivity index (χ4n) is 4.58. The predicted octanol–water partition coefficient (Wildman–Crippen LogP) is 3.48. The maximum absolute atomic E-state index is 14.0. The molecule has 1 saturated carbocycles. The van der Waals surface area contributed by atoms with Crippen LogP contribution in [0.4, 0.5) is 10.3 Å². The number of aromatic nitrogens is 5. The number of nitrogens with one attached hydrogen (secondary N) is 2. The van der Waals surface area contributed by atoms with E-state index in [1.54, 1.807) is 38.4 Å². The molecule has 0 atom stereocenters. The van der Waals surface area contributed by atoms with Gasteiger partial charge in [-0.1, -0.05) is 0 Å². The molecule has 1 amide bonds. The number of aromatic amines is 1. The molecule has 33 heavy (non-hydrogen) atoms. The summed E-state index contributed by atoms with van der Waals surface area (Å²) in [5.74, 6) is 0.760. The first-order chi connectivity index (χ1) is 15.9. The molecule has 4 heterocycles. The molecule has 1 fully saturated rings. The Morgan fingerprint density at radius 2 is 2.03 bits per heavy atom. The zero-order chi connectivity index (χ0) is 23.1. The van der Waals surface area contributed by atoms with Crippen molar-refractivity contribution < 1.29 is 13.9 Å². The fraction of sp³-hybridized carbons (Fsp3) is 0.391. The van der Waals surface area contributed by atoms with Crippen molar-refractivity contribution in [3.05, 3.63) is 36.7 Å². The van der Waals surface area contributed by atoms with Crippen LogP contribution in [0.5, 0.6) is 5.88 Å². The fourth-order valence-corrected chi connectivity index (χ4v) is 4.58. The summed E-state index contributed by atoms with van der Waals surface area (Å²) in [5, 5.41) is 4.13. The average Bonchev–Trinajstić information content (AvgIpc) is 3.42. The van der Waals surface area contributed by atoms with Gasteiger partial charge in [-0.05, 0) is 37.8 Å². The summed E-state index contributed by atoms with van der Waals surface area (Å²) < 4.78 is 21.0. The molecular formula is C23H26FN7O2. The Kier molecular flexibility index (Phi) is 5.35. The average molecular weight is 452 g/mol. The largest absolute Gasteiger partial charge is 0.480 e. The van der Waals surface area contributed by atoms with Crippen LogP contribution in [0.25, 0.3) is 27.8 Å². The van der Waals surface area contributed by atoms with E-state index in [-0.39, 0.29) is 17.9 Å². The van der Waals surface area contributed by atoms with Gasteiger partial charge in [-0.2, -0.15) is 14.4 Å². The Balaban J connectivity index is 1.40. The molecule has 9 nitrogen and oxygen atoms in total. The van der Waals surface area contributed by atoms with E-state index in [1.165, 1.54) is 10.6 Å². The Labute approximate surface area is 190 Å². The van der Waals surface area contributed by atoms with Crippen molar-refractivity contribution in [2.45, 2.75) is 31.7 Å². The molecule has 0 radical (unpaired) electrons. The second-order valence-electron chi connectivity index (χ2n) is 8.63. The van der Waals surface area contributed by atoms with Crippen LogP contribution in [-0.2, 0) is 4.79 Å². The molecule has 0 aromatic carbocycles. The third kappa shape index (κ3) is 3.85. The number of pyridine rings is 1. The smallest absolute Gasteiger partial charge is 0.228 e. The number of hydrogen-bond donors (Lipinski definition) is 2. The highest BCUT2D eigenvalue weighted by Gasteiger charge is 2.28. The zero-order valence-corrected chi connectivity index (χ0v) is 18.8. The standard InChI is InChI=1S/C23H26FN7O2/c1-30(2)22(32)13-4-7-15(8-5-13)27-23-28-20-19(21(29-23)33-3)16(10-26-20)14-6-9-18-25-11-17(24)31(18)12-14/h6,9-13,15H,4-5,7-8H2,1-3H3,(H2,26,27,28,29). The first-order valence-electron chi connectivity index (χ1n) is 11.0. The number of fused-ring (bicyclic) bond motifs is 2. The lowest BCUT2D eigenvalue weighted by Crippen LogP contribution is -2.35. The van der Waals surface area contributed by atoms with Gasteiger partial charge in [0.15, 0.2) is 0 Å². The van der Waals surface area contributed by atoms with Gasteiger partial charge >= 0.3 is 0 Å². The van der Waals surface area contributed by atoms with Crippen molar-refractivity contribution in [2.75, 3.05) is 26.5 Å². The van der Waals surface area contributed by atoms with E-state index >= 15 is 0 Å². The van der Waals surface area contributed by atoms with E-state index in [4.69, 9.17) is 4.74 Å². The number of halogens is 1. The molecule has 1 aliphatic rings. The van der Waals surface area contributed by atoms with Crippen LogP contribution in [0.15, 0.2) is 30.7 Å². The predicted molar refractivity (Wildman–Crippen MR) is 123 cm³/mol. The van der Waals surface area contributed by atoms with E-state index < -0.39 is 5.95 Å². The normalized spacial score (nSPS) is 18.5. The van der Waals surface area contributed by atoms with Crippen LogP contribution in [0.3, 0.4) is 0 Å². The van der Waals surface area contributed by atoms with Crippen molar-refractivity contribution in [2.24, 2.45) is 5.92 Å². The minimum atomic E-state index is -0.427. The van der Waals surface area contributed by atoms with E-state index in [0.717, 1.165) is 42.2 Å². The lowest BCUT2D eigenvalue weighted by molar-refractivity contribution is -0.133. The van der Waals surface area contributed by atoms with E-state index in [9.17, 15) is 9.18 Å². The number of nitrogens with zero attached hydrogens (tertiary/aromatic N) is 5. The molecule has 1 aliphatic carbocycles. The number of carbonyl (C=O) groups excluding carboxylic acids is 1. The quantitative estimate of drug-likeness (QED) is 0.482. The Hall–Kier alpha value is -3.69. The molecule has 0 saturated heterocycles. The molecule has 0 spiro atoms.